The number of phenols is 1. The van der Waals surface area contributed by atoms with Crippen LogP contribution in [0.3, 0.4) is 0 Å². The Kier molecular flexibility index (Phi) is 15.7. The summed E-state index contributed by atoms with van der Waals surface area (Å²) in [5.41, 5.74) is 0.881. The number of rotatable bonds is 20. The fourth-order valence-electron chi connectivity index (χ4n) is 3.42. The number of nitrogens with zero attached hydrogens (tertiary/aromatic N) is 4. The highest BCUT2D eigenvalue weighted by Gasteiger charge is 2.20. The van der Waals surface area contributed by atoms with Crippen molar-refractivity contribution in [3.63, 3.8) is 0 Å². The molecule has 2 N–H and O–H groups in total. The van der Waals surface area contributed by atoms with Crippen molar-refractivity contribution in [2.24, 2.45) is 10.2 Å². The van der Waals surface area contributed by atoms with Crippen LogP contribution in [-0.2, 0) is 23.7 Å². The van der Waals surface area contributed by atoms with Gasteiger partial charge in [0.2, 0.25) is 0 Å². The standard InChI is InChI=1S/C27H46N4O7S/c1-6-31(22-7-8-24(25(33)19-22)28-29-26-30(5)9-18-39-26)20-23(21-38-27(2,3)4)37-17-16-36-15-14-35-13-12-34-11-10-32/h7-9,18-19,23,26,32-33H,6,10-17,20-21H2,1-5H3. The molecule has 1 aliphatic rings. The summed E-state index contributed by atoms with van der Waals surface area (Å²) in [5.74, 6) is 0.0762. The average molecular weight is 571 g/mol. The van der Waals surface area contributed by atoms with Gasteiger partial charge in [-0.2, -0.15) is 5.11 Å². The van der Waals surface area contributed by atoms with Gasteiger partial charge in [0.25, 0.3) is 0 Å². The van der Waals surface area contributed by atoms with Gasteiger partial charge < -0.3 is 43.7 Å². The largest absolute Gasteiger partial charge is 0.506 e. The summed E-state index contributed by atoms with van der Waals surface area (Å²) in [6.07, 6.45) is 1.75. The normalized spacial score (nSPS) is 16.5. The molecule has 2 rings (SSSR count). The summed E-state index contributed by atoms with van der Waals surface area (Å²) in [6, 6.07) is 5.42. The van der Waals surface area contributed by atoms with Crippen molar-refractivity contribution in [2.75, 3.05) is 84.5 Å². The molecule has 1 aromatic rings. The number of hydrogen-bond donors (Lipinski definition) is 2. The number of hydrogen-bond acceptors (Lipinski definition) is 12. The van der Waals surface area contributed by atoms with Crippen molar-refractivity contribution >= 4 is 23.1 Å². The van der Waals surface area contributed by atoms with Gasteiger partial charge in [-0.1, -0.05) is 11.8 Å². The van der Waals surface area contributed by atoms with Crippen molar-refractivity contribution in [3.8, 4) is 5.75 Å². The summed E-state index contributed by atoms with van der Waals surface area (Å²) >= 11 is 1.56. The number of ether oxygens (including phenoxy) is 5. The lowest BCUT2D eigenvalue weighted by molar-refractivity contribution is -0.0803. The molecule has 0 fully saturated rings. The topological polar surface area (TPSA) is 118 Å². The third kappa shape index (κ3) is 13.8. The molecule has 2 unspecified atom stereocenters. The maximum Gasteiger partial charge on any atom is 0.193 e. The van der Waals surface area contributed by atoms with Crippen molar-refractivity contribution in [1.82, 2.24) is 4.90 Å². The quantitative estimate of drug-likeness (QED) is 0.176. The van der Waals surface area contributed by atoms with Crippen molar-refractivity contribution in [1.29, 1.82) is 0 Å². The van der Waals surface area contributed by atoms with Gasteiger partial charge in [-0.25, -0.2) is 0 Å². The van der Waals surface area contributed by atoms with Gasteiger partial charge in [-0.15, -0.1) is 5.11 Å². The first-order valence-electron chi connectivity index (χ1n) is 13.4. The molecule has 0 aromatic heterocycles. The molecule has 1 aliphatic heterocycles. The second kappa shape index (κ2) is 18.4. The van der Waals surface area contributed by atoms with Gasteiger partial charge in [0.15, 0.2) is 5.50 Å². The average Bonchev–Trinajstić information content (AvgIpc) is 3.31. The van der Waals surface area contributed by atoms with Gasteiger partial charge in [0, 0.05) is 38.1 Å². The Labute approximate surface area is 237 Å². The molecular weight excluding hydrogens is 524 g/mol. The van der Waals surface area contributed by atoms with Crippen LogP contribution in [0, 0.1) is 0 Å². The van der Waals surface area contributed by atoms with Gasteiger partial charge in [0.1, 0.15) is 11.4 Å². The third-order valence-corrected chi connectivity index (χ3v) is 6.45. The van der Waals surface area contributed by atoms with Crippen LogP contribution in [0.15, 0.2) is 40.0 Å². The summed E-state index contributed by atoms with van der Waals surface area (Å²) < 4.78 is 28.4. The minimum atomic E-state index is -0.292. The first-order chi connectivity index (χ1) is 18.7. The molecule has 0 spiro atoms. The van der Waals surface area contributed by atoms with E-state index in [0.29, 0.717) is 65.1 Å². The number of benzene rings is 1. The SMILES string of the molecule is CCN(CC(COC(C)(C)C)OCCOCCOCCOCCO)c1ccc(N=NC2SC=CN2C)c(O)c1. The number of azo groups is 1. The Hall–Kier alpha value is -1.93. The van der Waals surface area contributed by atoms with E-state index >= 15 is 0 Å². The first kappa shape index (κ1) is 33.3. The molecule has 1 heterocycles. The predicted molar refractivity (Wildman–Crippen MR) is 154 cm³/mol. The summed E-state index contributed by atoms with van der Waals surface area (Å²) in [7, 11) is 1.94. The van der Waals surface area contributed by atoms with Crippen LogP contribution >= 0.6 is 11.8 Å². The Bertz CT molecular complexity index is 869. The van der Waals surface area contributed by atoms with Crippen LogP contribution < -0.4 is 4.90 Å². The predicted octanol–water partition coefficient (Wildman–Crippen LogP) is 3.98. The minimum absolute atomic E-state index is 0.0125. The molecule has 222 valence electrons. The van der Waals surface area contributed by atoms with E-state index in [2.05, 4.69) is 22.1 Å². The van der Waals surface area contributed by atoms with Gasteiger partial charge in [-0.3, -0.25) is 0 Å². The molecule has 0 bridgehead atoms. The molecule has 0 radical (unpaired) electrons. The fraction of sp³-hybridized carbons (Fsp3) is 0.704. The number of aliphatic hydroxyl groups is 1. The number of thioether (sulfide) groups is 1. The zero-order chi connectivity index (χ0) is 28.5. The van der Waals surface area contributed by atoms with Crippen LogP contribution in [0.25, 0.3) is 0 Å². The van der Waals surface area contributed by atoms with Crippen LogP contribution in [-0.4, -0.2) is 112 Å². The first-order valence-corrected chi connectivity index (χ1v) is 14.3. The van der Waals surface area contributed by atoms with E-state index in [4.69, 9.17) is 28.8 Å². The van der Waals surface area contributed by atoms with E-state index in [0.717, 1.165) is 12.2 Å². The summed E-state index contributed by atoms with van der Waals surface area (Å²) in [6.45, 7) is 12.9. The zero-order valence-corrected chi connectivity index (χ0v) is 24.8. The number of aliphatic hydroxyl groups excluding tert-OH is 1. The monoisotopic (exact) mass is 570 g/mol. The van der Waals surface area contributed by atoms with Crippen LogP contribution in [0.1, 0.15) is 27.7 Å². The lowest BCUT2D eigenvalue weighted by atomic mass is 10.2. The lowest BCUT2D eigenvalue weighted by Crippen LogP contribution is -2.39. The molecule has 1 aromatic carbocycles. The molecule has 0 saturated heterocycles. The van der Waals surface area contributed by atoms with Gasteiger partial charge in [-0.05, 0) is 45.2 Å². The highest BCUT2D eigenvalue weighted by Crippen LogP contribution is 2.33. The molecule has 0 saturated carbocycles. The zero-order valence-electron chi connectivity index (χ0n) is 24.0. The number of aromatic hydroxyl groups is 1. The number of anilines is 1. The summed E-state index contributed by atoms with van der Waals surface area (Å²) in [4.78, 5) is 4.09. The van der Waals surface area contributed by atoms with Crippen molar-refractivity contribution < 1.29 is 33.9 Å². The van der Waals surface area contributed by atoms with E-state index < -0.39 is 0 Å². The smallest absolute Gasteiger partial charge is 0.193 e. The Morgan fingerprint density at radius 2 is 1.72 bits per heavy atom. The molecule has 12 heteroatoms. The lowest BCUT2D eigenvalue weighted by Gasteiger charge is -2.30. The molecule has 0 aliphatic carbocycles. The second-order valence-electron chi connectivity index (χ2n) is 9.82. The minimum Gasteiger partial charge on any atom is -0.506 e. The molecule has 39 heavy (non-hydrogen) atoms. The Morgan fingerprint density at radius 3 is 2.28 bits per heavy atom. The number of phenolic OH excluding ortho intramolecular Hbond substituents is 1. The van der Waals surface area contributed by atoms with Crippen molar-refractivity contribution in [3.05, 3.63) is 29.8 Å². The number of likely N-dealkylation sites (N-methyl/N-ethyl adjacent to an activating group) is 1. The van der Waals surface area contributed by atoms with Gasteiger partial charge >= 0.3 is 0 Å². The second-order valence-corrected chi connectivity index (χ2v) is 10.8. The molecule has 2 atom stereocenters. The van der Waals surface area contributed by atoms with E-state index in [1.54, 1.807) is 23.9 Å². The molecule has 11 nitrogen and oxygen atoms in total. The Morgan fingerprint density at radius 1 is 1.05 bits per heavy atom. The maximum absolute atomic E-state index is 10.6. The van der Waals surface area contributed by atoms with E-state index in [9.17, 15) is 5.11 Å². The Balaban J connectivity index is 1.85. The highest BCUT2D eigenvalue weighted by molar-refractivity contribution is 8.02. The van der Waals surface area contributed by atoms with Crippen LogP contribution in [0.5, 0.6) is 5.75 Å². The maximum atomic E-state index is 10.6. The van der Waals surface area contributed by atoms with Crippen LogP contribution in [0.4, 0.5) is 11.4 Å². The van der Waals surface area contributed by atoms with Crippen molar-refractivity contribution in [2.45, 2.75) is 44.9 Å². The van der Waals surface area contributed by atoms with Gasteiger partial charge in [0.05, 0.1) is 71.2 Å². The van der Waals surface area contributed by atoms with E-state index in [-0.39, 0.29) is 29.6 Å². The van der Waals surface area contributed by atoms with E-state index in [1.807, 2.05) is 50.4 Å². The highest BCUT2D eigenvalue weighted by atomic mass is 32.2. The van der Waals surface area contributed by atoms with E-state index in [1.165, 1.54) is 0 Å². The van der Waals surface area contributed by atoms with Crippen LogP contribution in [0.2, 0.25) is 0 Å². The summed E-state index contributed by atoms with van der Waals surface area (Å²) in [5, 5.41) is 29.8. The molecular formula is C27H46N4O7S. The fourth-order valence-corrected chi connectivity index (χ4v) is 4.19. The third-order valence-electron chi connectivity index (χ3n) is 5.50. The molecule has 0 amide bonds.